The molecule has 2 fully saturated rings. The van der Waals surface area contributed by atoms with Crippen molar-refractivity contribution in [2.75, 3.05) is 37.9 Å². The van der Waals surface area contributed by atoms with Gasteiger partial charge in [0.2, 0.25) is 0 Å². The summed E-state index contributed by atoms with van der Waals surface area (Å²) in [6, 6.07) is 3.80. The first-order valence-electron chi connectivity index (χ1n) is 9.98. The Kier molecular flexibility index (Phi) is 6.45. The fourth-order valence-corrected chi connectivity index (χ4v) is 4.40. The first-order valence-corrected chi connectivity index (χ1v) is 11.2. The summed E-state index contributed by atoms with van der Waals surface area (Å²) in [6.45, 7) is 3.20. The van der Waals surface area contributed by atoms with Gasteiger partial charge in [0.25, 0.3) is 0 Å². The van der Waals surface area contributed by atoms with E-state index >= 15 is 0 Å². The Morgan fingerprint density at radius 3 is 2.57 bits per heavy atom. The van der Waals surface area contributed by atoms with Crippen molar-refractivity contribution in [3.63, 3.8) is 0 Å². The van der Waals surface area contributed by atoms with Crippen molar-refractivity contribution in [1.82, 2.24) is 19.3 Å². The van der Waals surface area contributed by atoms with Gasteiger partial charge in [-0.05, 0) is 37.7 Å². The minimum absolute atomic E-state index is 0.103. The highest BCUT2D eigenvalue weighted by Gasteiger charge is 2.31. The first-order chi connectivity index (χ1) is 14.4. The second kappa shape index (κ2) is 9.07. The van der Waals surface area contributed by atoms with Crippen molar-refractivity contribution in [1.29, 1.82) is 0 Å². The van der Waals surface area contributed by atoms with Crippen molar-refractivity contribution in [3.8, 4) is 0 Å². The number of halogens is 3. The average Bonchev–Trinajstić information content (AvgIpc) is 3.28. The number of pyridine rings is 1. The lowest BCUT2D eigenvalue weighted by Gasteiger charge is -2.30. The standard InChI is InChI=1S/C20H24F3N5OS/c1-30-28-7-3-13(4-8-28)16-11-18(27-19(25-16)14-5-9-29-12-14)26-17-10-15(2-6-24-17)20(21,22)23/h2,6,10-11,13-14H,3-5,7-9,12H2,1H3,(H,24,25,26,27). The molecular weight excluding hydrogens is 415 g/mol. The van der Waals surface area contributed by atoms with E-state index in [4.69, 9.17) is 9.72 Å². The van der Waals surface area contributed by atoms with Gasteiger partial charge in [-0.25, -0.2) is 15.0 Å². The highest BCUT2D eigenvalue weighted by atomic mass is 32.2. The lowest BCUT2D eigenvalue weighted by atomic mass is 9.94. The van der Waals surface area contributed by atoms with E-state index in [2.05, 4.69) is 25.8 Å². The Morgan fingerprint density at radius 1 is 1.10 bits per heavy atom. The van der Waals surface area contributed by atoms with Crippen molar-refractivity contribution in [2.45, 2.75) is 37.3 Å². The third-order valence-corrected chi connectivity index (χ3v) is 6.41. The minimum Gasteiger partial charge on any atom is -0.381 e. The number of rotatable bonds is 5. The number of ether oxygens (including phenoxy) is 1. The van der Waals surface area contributed by atoms with Crippen LogP contribution >= 0.6 is 11.9 Å². The topological polar surface area (TPSA) is 63.2 Å². The van der Waals surface area contributed by atoms with Crippen molar-refractivity contribution >= 4 is 23.6 Å². The van der Waals surface area contributed by atoms with Gasteiger partial charge in [-0.2, -0.15) is 13.2 Å². The van der Waals surface area contributed by atoms with Gasteiger partial charge in [0.15, 0.2) is 0 Å². The van der Waals surface area contributed by atoms with Crippen LogP contribution in [0, 0.1) is 0 Å². The molecule has 0 radical (unpaired) electrons. The molecule has 0 saturated carbocycles. The molecule has 2 aromatic heterocycles. The number of hydrogen-bond donors (Lipinski definition) is 1. The van der Waals surface area contributed by atoms with Crippen molar-refractivity contribution in [2.24, 2.45) is 0 Å². The van der Waals surface area contributed by atoms with Gasteiger partial charge in [0.1, 0.15) is 17.5 Å². The lowest BCUT2D eigenvalue weighted by molar-refractivity contribution is -0.137. The zero-order valence-electron chi connectivity index (χ0n) is 16.7. The third-order valence-electron chi connectivity index (χ3n) is 5.53. The predicted octanol–water partition coefficient (Wildman–Crippen LogP) is 4.60. The summed E-state index contributed by atoms with van der Waals surface area (Å²) in [5.74, 6) is 1.67. The molecule has 2 aromatic rings. The van der Waals surface area contributed by atoms with E-state index in [1.807, 2.05) is 6.07 Å². The van der Waals surface area contributed by atoms with Crippen LogP contribution in [0.5, 0.6) is 0 Å². The smallest absolute Gasteiger partial charge is 0.381 e. The Bertz CT molecular complexity index is 868. The molecule has 1 N–H and O–H groups in total. The zero-order chi connectivity index (χ0) is 21.1. The van der Waals surface area contributed by atoms with Crippen LogP contribution in [0.3, 0.4) is 0 Å². The van der Waals surface area contributed by atoms with Gasteiger partial charge in [-0.1, -0.05) is 11.9 Å². The molecule has 0 bridgehead atoms. The van der Waals surface area contributed by atoms with Crippen LogP contribution in [0.4, 0.5) is 24.8 Å². The van der Waals surface area contributed by atoms with E-state index in [1.165, 1.54) is 0 Å². The summed E-state index contributed by atoms with van der Waals surface area (Å²) < 4.78 is 46.9. The highest BCUT2D eigenvalue weighted by molar-refractivity contribution is 7.96. The number of piperidine rings is 1. The van der Waals surface area contributed by atoms with Gasteiger partial charge in [0, 0.05) is 49.5 Å². The maximum absolute atomic E-state index is 13.0. The van der Waals surface area contributed by atoms with Crippen LogP contribution in [0.1, 0.15) is 48.2 Å². The van der Waals surface area contributed by atoms with E-state index in [0.717, 1.165) is 56.4 Å². The molecule has 2 aliphatic heterocycles. The summed E-state index contributed by atoms with van der Waals surface area (Å²) in [4.78, 5) is 13.5. The summed E-state index contributed by atoms with van der Waals surface area (Å²) in [5.41, 5.74) is 0.185. The molecule has 6 nitrogen and oxygen atoms in total. The molecule has 4 heterocycles. The number of nitrogens with one attached hydrogen (secondary N) is 1. The van der Waals surface area contributed by atoms with Gasteiger partial charge < -0.3 is 10.1 Å². The van der Waals surface area contributed by atoms with Crippen LogP contribution in [-0.2, 0) is 10.9 Å². The molecular formula is C20H24F3N5OS. The van der Waals surface area contributed by atoms with Gasteiger partial charge in [-0.15, -0.1) is 0 Å². The number of alkyl halides is 3. The molecule has 1 atom stereocenters. The Hall–Kier alpha value is -1.91. The molecule has 4 rings (SSSR count). The van der Waals surface area contributed by atoms with Gasteiger partial charge in [-0.3, -0.25) is 4.31 Å². The monoisotopic (exact) mass is 439 g/mol. The van der Waals surface area contributed by atoms with Crippen LogP contribution in [-0.4, -0.2) is 51.8 Å². The number of anilines is 2. The second-order valence-corrected chi connectivity index (χ2v) is 8.42. The molecule has 10 heteroatoms. The Labute approximate surface area is 177 Å². The minimum atomic E-state index is -4.42. The third kappa shape index (κ3) is 5.04. The SMILES string of the molecule is CSN1CCC(c2cc(Nc3cc(C(F)(F)F)ccn3)nc(C3CCOC3)n2)CC1. The predicted molar refractivity (Wildman–Crippen MR) is 110 cm³/mol. The first kappa shape index (κ1) is 21.3. The summed E-state index contributed by atoms with van der Waals surface area (Å²) in [6.07, 6.45) is 1.62. The summed E-state index contributed by atoms with van der Waals surface area (Å²) in [5, 5.41) is 2.96. The van der Waals surface area contributed by atoms with Crippen LogP contribution in [0.2, 0.25) is 0 Å². The van der Waals surface area contributed by atoms with Gasteiger partial charge in [0.05, 0.1) is 12.2 Å². The highest BCUT2D eigenvalue weighted by Crippen LogP contribution is 2.33. The summed E-state index contributed by atoms with van der Waals surface area (Å²) in [7, 11) is 0. The molecule has 0 aliphatic carbocycles. The lowest BCUT2D eigenvalue weighted by Crippen LogP contribution is -2.28. The largest absolute Gasteiger partial charge is 0.416 e. The second-order valence-electron chi connectivity index (χ2n) is 7.54. The molecule has 2 aliphatic rings. The Balaban J connectivity index is 1.61. The molecule has 0 amide bonds. The Morgan fingerprint density at radius 2 is 1.90 bits per heavy atom. The molecule has 1 unspecified atom stereocenters. The maximum Gasteiger partial charge on any atom is 0.416 e. The fraction of sp³-hybridized carbons (Fsp3) is 0.550. The van der Waals surface area contributed by atoms with E-state index in [1.54, 1.807) is 11.9 Å². The normalized spacial score (nSPS) is 21.1. The average molecular weight is 440 g/mol. The van der Waals surface area contributed by atoms with Crippen LogP contribution in [0.25, 0.3) is 0 Å². The quantitative estimate of drug-likeness (QED) is 0.684. The molecule has 0 aromatic carbocycles. The molecule has 2 saturated heterocycles. The maximum atomic E-state index is 13.0. The van der Waals surface area contributed by atoms with E-state index in [9.17, 15) is 13.2 Å². The number of nitrogens with zero attached hydrogens (tertiary/aromatic N) is 4. The van der Waals surface area contributed by atoms with E-state index < -0.39 is 11.7 Å². The fourth-order valence-electron chi connectivity index (χ4n) is 3.82. The van der Waals surface area contributed by atoms with E-state index in [0.29, 0.717) is 30.8 Å². The zero-order valence-corrected chi connectivity index (χ0v) is 17.5. The van der Waals surface area contributed by atoms with Gasteiger partial charge >= 0.3 is 6.18 Å². The summed E-state index contributed by atoms with van der Waals surface area (Å²) >= 11 is 1.75. The number of hydrogen-bond acceptors (Lipinski definition) is 7. The van der Waals surface area contributed by atoms with Crippen LogP contribution in [0.15, 0.2) is 24.4 Å². The molecule has 162 valence electrons. The van der Waals surface area contributed by atoms with Crippen LogP contribution < -0.4 is 5.32 Å². The molecule has 0 spiro atoms. The number of aromatic nitrogens is 3. The van der Waals surface area contributed by atoms with E-state index in [-0.39, 0.29) is 11.7 Å². The van der Waals surface area contributed by atoms with Crippen molar-refractivity contribution in [3.05, 3.63) is 41.5 Å². The van der Waals surface area contributed by atoms with Crippen molar-refractivity contribution < 1.29 is 17.9 Å². The molecule has 30 heavy (non-hydrogen) atoms.